The zero-order valence-corrected chi connectivity index (χ0v) is 23.0. The van der Waals surface area contributed by atoms with Crippen molar-refractivity contribution in [2.45, 2.75) is 58.4 Å². The first-order chi connectivity index (χ1) is 19.9. The molecule has 0 aliphatic carbocycles. The van der Waals surface area contributed by atoms with E-state index in [9.17, 15) is 28.4 Å². The summed E-state index contributed by atoms with van der Waals surface area (Å²) in [5, 5.41) is 0.200. The molecule has 0 unspecified atom stereocenters. The van der Waals surface area contributed by atoms with Gasteiger partial charge in [-0.25, -0.2) is 4.39 Å². The fraction of sp³-hybridized carbons (Fsp3) is 0.345. The summed E-state index contributed by atoms with van der Waals surface area (Å²) in [5.74, 6) is -3.35. The molecule has 0 radical (unpaired) electrons. The van der Waals surface area contributed by atoms with Crippen molar-refractivity contribution >= 4 is 34.8 Å². The minimum Gasteiger partial charge on any atom is -0.463 e. The highest BCUT2D eigenvalue weighted by atomic mass is 19.1. The van der Waals surface area contributed by atoms with Crippen LogP contribution in [-0.2, 0) is 42.9 Å². The topological polar surface area (TPSA) is 154 Å². The second-order valence-corrected chi connectivity index (χ2v) is 9.33. The van der Waals surface area contributed by atoms with Gasteiger partial charge in [-0.15, -0.1) is 0 Å². The molecule has 0 N–H and O–H groups in total. The minimum absolute atomic E-state index is 0.0982. The quantitative estimate of drug-likeness (QED) is 0.281. The van der Waals surface area contributed by atoms with Crippen LogP contribution in [0.2, 0.25) is 0 Å². The summed E-state index contributed by atoms with van der Waals surface area (Å²) >= 11 is 0. The highest BCUT2D eigenvalue weighted by Crippen LogP contribution is 2.32. The maximum Gasteiger partial charge on any atom is 0.303 e. The molecule has 42 heavy (non-hydrogen) atoms. The first-order valence-corrected chi connectivity index (χ1v) is 12.7. The summed E-state index contributed by atoms with van der Waals surface area (Å²) < 4.78 is 52.1. The van der Waals surface area contributed by atoms with Crippen LogP contribution in [0.25, 0.3) is 22.1 Å². The molecule has 3 aromatic rings. The van der Waals surface area contributed by atoms with Crippen molar-refractivity contribution in [1.82, 2.24) is 0 Å². The molecule has 13 heteroatoms. The van der Waals surface area contributed by atoms with Crippen LogP contribution in [0.15, 0.2) is 57.9 Å². The summed E-state index contributed by atoms with van der Waals surface area (Å²) in [6.45, 7) is 4.07. The van der Waals surface area contributed by atoms with Gasteiger partial charge in [-0.2, -0.15) is 0 Å². The number of rotatable bonds is 8. The molecule has 5 atom stereocenters. The third-order valence-corrected chi connectivity index (χ3v) is 6.10. The van der Waals surface area contributed by atoms with Crippen LogP contribution in [0, 0.1) is 5.82 Å². The molecule has 2 aromatic carbocycles. The first kappa shape index (κ1) is 30.2. The van der Waals surface area contributed by atoms with Gasteiger partial charge in [0, 0.05) is 33.8 Å². The average Bonchev–Trinajstić information content (AvgIpc) is 2.91. The summed E-state index contributed by atoms with van der Waals surface area (Å²) in [5.41, 5.74) is 0.441. The zero-order valence-electron chi connectivity index (χ0n) is 23.0. The first-order valence-electron chi connectivity index (χ1n) is 12.7. The minimum atomic E-state index is -1.46. The fourth-order valence-electron chi connectivity index (χ4n) is 4.43. The number of esters is 4. The lowest BCUT2D eigenvalue weighted by molar-refractivity contribution is -0.288. The van der Waals surface area contributed by atoms with Crippen molar-refractivity contribution in [2.24, 2.45) is 0 Å². The number of carbonyl (C=O) groups is 4. The number of hydrogen-bond donors (Lipinski definition) is 0. The van der Waals surface area contributed by atoms with E-state index < -0.39 is 67.0 Å². The SMILES string of the molecule is CC(=O)OC[C@@H]1O[C@@H](Oc2ccc3c(=O)c(-c4ccc(F)cc4)coc3c2)[C@@H](OC(C)=O)[C@@H](OC(C)=O)[C@H]1OC(C)=O. The van der Waals surface area contributed by atoms with E-state index in [2.05, 4.69) is 0 Å². The van der Waals surface area contributed by atoms with Crippen molar-refractivity contribution in [3.05, 3.63) is 64.8 Å². The Hall–Kier alpha value is -4.78. The normalized spacial score (nSPS) is 21.7. The van der Waals surface area contributed by atoms with E-state index in [1.807, 2.05) is 0 Å². The third kappa shape index (κ3) is 7.10. The van der Waals surface area contributed by atoms with Crippen LogP contribution in [0.4, 0.5) is 4.39 Å². The molecule has 0 bridgehead atoms. The van der Waals surface area contributed by atoms with Gasteiger partial charge in [0.1, 0.15) is 36.1 Å². The number of hydrogen-bond acceptors (Lipinski definition) is 12. The number of carbonyl (C=O) groups excluding carboxylic acids is 4. The molecule has 1 aliphatic rings. The lowest BCUT2D eigenvalue weighted by Gasteiger charge is -2.43. The van der Waals surface area contributed by atoms with Gasteiger partial charge in [-0.3, -0.25) is 24.0 Å². The lowest BCUT2D eigenvalue weighted by atomic mass is 9.98. The molecule has 1 saturated heterocycles. The largest absolute Gasteiger partial charge is 0.463 e. The van der Waals surface area contributed by atoms with E-state index in [1.165, 1.54) is 48.7 Å². The standard InChI is InChI=1S/C29H27FO12/c1-14(31)36-13-24-26(38-15(2)32)27(39-16(3)33)28(40-17(4)34)29(42-24)41-20-9-10-21-23(11-20)37-12-22(25(21)35)18-5-7-19(30)8-6-18/h5-12,24,26-29H,13H2,1-4H3/t24-,26-,27-,28-,29+/m0/s1. The Balaban J connectivity index is 1.70. The van der Waals surface area contributed by atoms with Crippen LogP contribution >= 0.6 is 0 Å². The van der Waals surface area contributed by atoms with Gasteiger partial charge in [0.15, 0.2) is 17.6 Å². The van der Waals surface area contributed by atoms with E-state index in [-0.39, 0.29) is 27.7 Å². The van der Waals surface area contributed by atoms with E-state index in [0.29, 0.717) is 5.56 Å². The summed E-state index contributed by atoms with van der Waals surface area (Å²) in [6.07, 6.45) is -5.62. The fourth-order valence-corrected chi connectivity index (χ4v) is 4.43. The molecule has 1 fully saturated rings. The number of ether oxygens (including phenoxy) is 6. The maximum atomic E-state index is 13.3. The molecule has 2 heterocycles. The van der Waals surface area contributed by atoms with Crippen molar-refractivity contribution in [1.29, 1.82) is 0 Å². The van der Waals surface area contributed by atoms with Gasteiger partial charge in [0.2, 0.25) is 12.4 Å². The van der Waals surface area contributed by atoms with E-state index in [0.717, 1.165) is 27.7 Å². The van der Waals surface area contributed by atoms with Gasteiger partial charge >= 0.3 is 23.9 Å². The zero-order chi connectivity index (χ0) is 30.6. The predicted molar refractivity (Wildman–Crippen MR) is 140 cm³/mol. The molecular formula is C29H27FO12. The van der Waals surface area contributed by atoms with E-state index >= 15 is 0 Å². The van der Waals surface area contributed by atoms with E-state index in [1.54, 1.807) is 0 Å². The van der Waals surface area contributed by atoms with Crippen LogP contribution in [0.5, 0.6) is 5.75 Å². The Bertz CT molecular complexity index is 1550. The molecule has 1 aromatic heterocycles. The van der Waals surface area contributed by atoms with Crippen LogP contribution in [0.1, 0.15) is 27.7 Å². The van der Waals surface area contributed by atoms with Crippen LogP contribution < -0.4 is 10.2 Å². The molecule has 0 spiro atoms. The monoisotopic (exact) mass is 586 g/mol. The van der Waals surface area contributed by atoms with Gasteiger partial charge < -0.3 is 32.8 Å². The lowest BCUT2D eigenvalue weighted by Crippen LogP contribution is -2.63. The van der Waals surface area contributed by atoms with Crippen LogP contribution in [-0.4, -0.2) is 61.2 Å². The Morgan fingerprint density at radius 1 is 0.810 bits per heavy atom. The molecular weight excluding hydrogens is 559 g/mol. The van der Waals surface area contributed by atoms with Crippen LogP contribution in [0.3, 0.4) is 0 Å². The number of fused-ring (bicyclic) bond motifs is 1. The Kier molecular flexibility index (Phi) is 9.21. The molecule has 4 rings (SSSR count). The molecule has 1 aliphatic heterocycles. The molecule has 0 amide bonds. The van der Waals surface area contributed by atoms with Crippen molar-refractivity contribution < 1.29 is 56.4 Å². The molecule has 12 nitrogen and oxygen atoms in total. The molecule has 0 saturated carbocycles. The average molecular weight is 587 g/mol. The Morgan fingerprint density at radius 2 is 1.43 bits per heavy atom. The number of benzene rings is 2. The van der Waals surface area contributed by atoms with Gasteiger partial charge in [-0.05, 0) is 29.8 Å². The van der Waals surface area contributed by atoms with Gasteiger partial charge in [0.25, 0.3) is 0 Å². The maximum absolute atomic E-state index is 13.3. The molecule has 222 valence electrons. The highest BCUT2D eigenvalue weighted by molar-refractivity contribution is 5.82. The van der Waals surface area contributed by atoms with Crippen molar-refractivity contribution in [3.8, 4) is 16.9 Å². The summed E-state index contributed by atoms with van der Waals surface area (Å²) in [7, 11) is 0. The Labute approximate surface area is 238 Å². The van der Waals surface area contributed by atoms with Crippen molar-refractivity contribution in [2.75, 3.05) is 6.61 Å². The predicted octanol–water partition coefficient (Wildman–Crippen LogP) is 3.06. The second-order valence-electron chi connectivity index (χ2n) is 9.33. The van der Waals surface area contributed by atoms with Gasteiger partial charge in [-0.1, -0.05) is 12.1 Å². The second kappa shape index (κ2) is 12.8. The highest BCUT2D eigenvalue weighted by Gasteiger charge is 2.53. The smallest absolute Gasteiger partial charge is 0.303 e. The summed E-state index contributed by atoms with van der Waals surface area (Å²) in [6, 6.07) is 9.62. The Morgan fingerprint density at radius 3 is 2.05 bits per heavy atom. The van der Waals surface area contributed by atoms with Gasteiger partial charge in [0.05, 0.1) is 10.9 Å². The third-order valence-electron chi connectivity index (χ3n) is 6.10. The number of halogens is 1. The van der Waals surface area contributed by atoms with E-state index in [4.69, 9.17) is 32.8 Å². The van der Waals surface area contributed by atoms with Crippen molar-refractivity contribution in [3.63, 3.8) is 0 Å². The summed E-state index contributed by atoms with van der Waals surface area (Å²) in [4.78, 5) is 60.6.